The fourth-order valence-electron chi connectivity index (χ4n) is 10.5. The van der Waals surface area contributed by atoms with Gasteiger partial charge in [-0.2, -0.15) is 4.98 Å². The summed E-state index contributed by atoms with van der Waals surface area (Å²) in [4.78, 5) is 64.6. The predicted octanol–water partition coefficient (Wildman–Crippen LogP) is 10.2. The number of rotatable bonds is 24. The molecule has 3 amide bonds. The van der Waals surface area contributed by atoms with Crippen LogP contribution in [0, 0.1) is 23.5 Å². The van der Waals surface area contributed by atoms with E-state index in [2.05, 4.69) is 78.5 Å². The highest BCUT2D eigenvalue weighted by Crippen LogP contribution is 2.32. The van der Waals surface area contributed by atoms with Gasteiger partial charge in [-0.15, -0.1) is 0 Å². The molecule has 0 aliphatic carbocycles. The minimum Gasteiger partial charge on any atom is -0.478 e. The van der Waals surface area contributed by atoms with Crippen LogP contribution < -0.4 is 31.3 Å². The summed E-state index contributed by atoms with van der Waals surface area (Å²) >= 11 is 0. The largest absolute Gasteiger partial charge is 0.478 e. The molecule has 2 aliphatic rings. The number of amides is 3. The van der Waals surface area contributed by atoms with Crippen LogP contribution in [-0.2, 0) is 48.9 Å². The van der Waals surface area contributed by atoms with Crippen LogP contribution in [0.1, 0.15) is 138 Å². The lowest BCUT2D eigenvalue weighted by molar-refractivity contribution is -0.140. The molecular weight excluding hydrogens is 1150 g/mol. The van der Waals surface area contributed by atoms with E-state index in [-0.39, 0.29) is 103 Å². The first-order valence-corrected chi connectivity index (χ1v) is 33.0. The van der Waals surface area contributed by atoms with Crippen LogP contribution in [0.15, 0.2) is 71.2 Å². The maximum absolute atomic E-state index is 14.7. The van der Waals surface area contributed by atoms with Crippen molar-refractivity contribution in [1.29, 1.82) is 0 Å². The number of likely N-dealkylation sites (N-methyl/N-ethyl adjacent to an activating group) is 2. The number of pyridine rings is 1. The third-order valence-corrected chi connectivity index (χ3v) is 16.2. The molecule has 2 aromatic carbocycles. The van der Waals surface area contributed by atoms with Crippen molar-refractivity contribution in [3.63, 3.8) is 0 Å². The summed E-state index contributed by atoms with van der Waals surface area (Å²) in [5.74, 6) is 0.421. The summed E-state index contributed by atoms with van der Waals surface area (Å²) in [6.07, 6.45) is 8.50. The van der Waals surface area contributed by atoms with Crippen molar-refractivity contribution in [3.8, 4) is 17.1 Å². The Morgan fingerprint density at radius 3 is 2.24 bits per heavy atom. The van der Waals surface area contributed by atoms with E-state index >= 15 is 0 Å². The fourth-order valence-corrected chi connectivity index (χ4v) is 12.2. The van der Waals surface area contributed by atoms with Crippen LogP contribution in [0.3, 0.4) is 0 Å². The second-order valence-electron chi connectivity index (χ2n) is 23.3. The Balaban J connectivity index is 0.000000375. The van der Waals surface area contributed by atoms with Gasteiger partial charge in [-0.3, -0.25) is 14.4 Å². The zero-order valence-corrected chi connectivity index (χ0v) is 55.9. The molecule has 2 aromatic heterocycles. The summed E-state index contributed by atoms with van der Waals surface area (Å²) in [5, 5.41) is 14.6. The number of likely N-dealkylation sites (tertiary alicyclic amines) is 1. The molecule has 1 fully saturated rings. The van der Waals surface area contributed by atoms with E-state index in [9.17, 15) is 32.2 Å². The zero-order chi connectivity index (χ0) is 65.5. The van der Waals surface area contributed by atoms with Crippen molar-refractivity contribution in [2.24, 2.45) is 16.2 Å². The highest BCUT2D eigenvalue weighted by molar-refractivity contribution is 7.92. The third kappa shape index (κ3) is 26.1. The maximum Gasteiger partial charge on any atom is 0.237 e. The van der Waals surface area contributed by atoms with E-state index in [1.54, 1.807) is 39.7 Å². The molecule has 5 N–H and O–H groups in total. The smallest absolute Gasteiger partial charge is 0.237 e. The Morgan fingerprint density at radius 2 is 1.64 bits per heavy atom. The van der Waals surface area contributed by atoms with E-state index < -0.39 is 21.4 Å². The van der Waals surface area contributed by atoms with Crippen molar-refractivity contribution in [2.45, 2.75) is 175 Å². The number of nitrogens with one attached hydrogen (secondary N) is 5. The molecular formula is C65H103F2N11O9S. The van der Waals surface area contributed by atoms with E-state index in [0.717, 1.165) is 43.0 Å². The standard InChI is InChI=1S/C30H51N3O5.C24H28F2N6O2S.C8H16N2O2.C3H8/c1-9-22(4)30(32(5)6)26(37-8)19-29(35)33-17-13-16-24(33)25(36-7)18-28(34)31-20-27(38-21(2)3)23-14-11-10-12-15-23;1-15(2)32-35(3,33)14-16-10-21-29-22(11-16)34-9-5-4-8-27-20-12-17(25)6-7-18(20)23-19(26)13-28-24(30-21)31-23;1-6(2)7(9-3)8(12)10-4-5-11;1-3-2/h10-12,14-15,21-22,24-27,30H,9,13,16-20H2,1-8H3,(H,31,34);6-7,10-13,15,27H,4-5,8-9,14H2,1-3H3,(H,28,29,30,31);5-7,9H,4H2,1-3H3,(H,10,12);3H2,1-2H3. The number of carbonyl (C=O) groups excluding carboxylic acids is 4. The molecule has 4 bridgehead atoms. The van der Waals surface area contributed by atoms with Crippen LogP contribution in [0.4, 0.5) is 26.2 Å². The third-order valence-electron chi connectivity index (χ3n) is 14.4. The second-order valence-corrected chi connectivity index (χ2v) is 25.7. The first kappa shape index (κ1) is 76.0. The van der Waals surface area contributed by atoms with Crippen LogP contribution >= 0.6 is 0 Å². The molecule has 0 spiro atoms. The average Bonchev–Trinajstić information content (AvgIpc) is 1.78. The zero-order valence-electron chi connectivity index (χ0n) is 55.1. The van der Waals surface area contributed by atoms with Gasteiger partial charge in [0.15, 0.2) is 5.82 Å². The molecule has 8 unspecified atom stereocenters. The van der Waals surface area contributed by atoms with Gasteiger partial charge in [-0.1, -0.05) is 84.7 Å². The van der Waals surface area contributed by atoms with Gasteiger partial charge in [-0.25, -0.2) is 27.3 Å². The van der Waals surface area contributed by atoms with Gasteiger partial charge in [0.25, 0.3) is 0 Å². The van der Waals surface area contributed by atoms with Crippen molar-refractivity contribution >= 4 is 51.2 Å². The Morgan fingerprint density at radius 1 is 0.932 bits per heavy atom. The fraction of sp³-hybridized carbons (Fsp3) is 0.615. The summed E-state index contributed by atoms with van der Waals surface area (Å²) in [7, 11) is 6.65. The number of benzene rings is 2. The van der Waals surface area contributed by atoms with Gasteiger partial charge in [0, 0.05) is 73.2 Å². The molecule has 0 saturated carbocycles. The summed E-state index contributed by atoms with van der Waals surface area (Å²) in [6.45, 7) is 22.3. The minimum absolute atomic E-state index is 0.0276. The molecule has 1 saturated heterocycles. The van der Waals surface area contributed by atoms with Crippen LogP contribution in [0.25, 0.3) is 11.3 Å². The molecule has 6 rings (SSSR count). The number of halogens is 2. The number of nitrogens with zero attached hydrogens (tertiary/aromatic N) is 6. The van der Waals surface area contributed by atoms with Gasteiger partial charge >= 0.3 is 0 Å². The van der Waals surface area contributed by atoms with E-state index in [4.69, 9.17) is 18.9 Å². The number of hydrogen-bond donors (Lipinski definition) is 5. The van der Waals surface area contributed by atoms with Gasteiger partial charge < -0.3 is 60.1 Å². The number of methoxy groups -OCH3 is 2. The normalized spacial score (nSPS) is 16.6. The number of aldehydes is 1. The second kappa shape index (κ2) is 39.7. The van der Waals surface area contributed by atoms with E-state index in [1.807, 2.05) is 90.9 Å². The van der Waals surface area contributed by atoms with Crippen LogP contribution in [0.5, 0.6) is 5.88 Å². The number of hydrogen-bond acceptors (Lipinski definition) is 17. The summed E-state index contributed by atoms with van der Waals surface area (Å²) in [5.41, 5.74) is 2.64. The Labute approximate surface area is 523 Å². The van der Waals surface area contributed by atoms with Gasteiger partial charge in [0.1, 0.15) is 29.7 Å². The van der Waals surface area contributed by atoms with Crippen LogP contribution in [-0.4, -0.2) is 170 Å². The lowest BCUT2D eigenvalue weighted by Crippen LogP contribution is -2.50. The minimum atomic E-state index is -2.47. The average molecular weight is 1250 g/mol. The van der Waals surface area contributed by atoms with Crippen molar-refractivity contribution < 1.29 is 51.1 Å². The van der Waals surface area contributed by atoms with Gasteiger partial charge in [-0.05, 0) is 122 Å². The molecule has 8 atom stereocenters. The Kier molecular flexibility index (Phi) is 34.3. The van der Waals surface area contributed by atoms with Crippen molar-refractivity contribution in [1.82, 2.24) is 40.7 Å². The lowest BCUT2D eigenvalue weighted by atomic mass is 9.91. The topological polar surface area (TPSA) is 240 Å². The monoisotopic (exact) mass is 1250 g/mol. The number of aromatic nitrogens is 3. The number of ether oxygens (including phenoxy) is 4. The molecule has 0 radical (unpaired) electrons. The molecule has 23 heteroatoms. The SMILES string of the molecule is CC(C)N=S(C)(=O)Cc1cc2nc(c1)OCCCCNc1cc(F)ccc1-c1nc(ncc1F)N2.CCC.CCC(C)C(C(CC(=O)N1CCCC1C(CC(=O)NCC(OC(C)C)c1ccccc1)OC)OC)N(C)C.CNC(C(=O)NCC=O)C(C)C. The van der Waals surface area contributed by atoms with Gasteiger partial charge in [0.2, 0.25) is 29.5 Å². The molecule has 492 valence electrons. The molecule has 4 aromatic rings. The predicted molar refractivity (Wildman–Crippen MR) is 347 cm³/mol. The van der Waals surface area contributed by atoms with E-state index in [1.165, 1.54) is 24.6 Å². The summed E-state index contributed by atoms with van der Waals surface area (Å²) < 4.78 is 69.5. The number of anilines is 3. The van der Waals surface area contributed by atoms with E-state index in [0.29, 0.717) is 74.2 Å². The number of fused-ring (bicyclic) bond motifs is 6. The van der Waals surface area contributed by atoms with Crippen molar-refractivity contribution in [2.75, 3.05) is 85.0 Å². The quantitative estimate of drug-likeness (QED) is 0.0410. The van der Waals surface area contributed by atoms with Crippen LogP contribution in [0.2, 0.25) is 0 Å². The number of carbonyl (C=O) groups is 4. The highest BCUT2D eigenvalue weighted by atomic mass is 32.2. The first-order valence-electron chi connectivity index (χ1n) is 30.9. The van der Waals surface area contributed by atoms with Crippen molar-refractivity contribution in [3.05, 3.63) is 89.6 Å². The van der Waals surface area contributed by atoms with Gasteiger partial charge in [0.05, 0.1) is 74.4 Å². The molecule has 4 heterocycles. The Bertz CT molecular complexity index is 2860. The first-order chi connectivity index (χ1) is 41.8. The highest BCUT2D eigenvalue weighted by Gasteiger charge is 2.39. The molecule has 88 heavy (non-hydrogen) atoms. The molecule has 2 aliphatic heterocycles. The Hall–Kier alpha value is -6.24. The maximum atomic E-state index is 14.7. The molecule has 20 nitrogen and oxygen atoms in total. The summed E-state index contributed by atoms with van der Waals surface area (Å²) in [6, 6.07) is 17.2. The lowest BCUT2D eigenvalue weighted by Gasteiger charge is -2.37.